The maximum absolute atomic E-state index is 12.8. The molecule has 8 heteroatoms. The summed E-state index contributed by atoms with van der Waals surface area (Å²) in [5.74, 6) is -1.29. The van der Waals surface area contributed by atoms with Crippen molar-refractivity contribution in [2.24, 2.45) is 5.92 Å². The van der Waals surface area contributed by atoms with Crippen LogP contribution < -0.4 is 4.74 Å². The second-order valence-corrected chi connectivity index (χ2v) is 8.40. The zero-order chi connectivity index (χ0) is 24.7. The van der Waals surface area contributed by atoms with Crippen molar-refractivity contribution in [3.63, 3.8) is 0 Å². The highest BCUT2D eigenvalue weighted by atomic mass is 16.5. The number of ether oxygens (including phenoxy) is 1. The van der Waals surface area contributed by atoms with Gasteiger partial charge in [0.15, 0.2) is 11.6 Å². The highest BCUT2D eigenvalue weighted by molar-refractivity contribution is 6.40. The fourth-order valence-corrected chi connectivity index (χ4v) is 3.54. The molecule has 0 saturated carbocycles. The average Bonchev–Trinajstić information content (AvgIpc) is 3.27. The van der Waals surface area contributed by atoms with Gasteiger partial charge in [0.2, 0.25) is 0 Å². The van der Waals surface area contributed by atoms with Crippen molar-refractivity contribution >= 4 is 17.5 Å². The number of carboxylic acids is 1. The Morgan fingerprint density at radius 3 is 2.50 bits per heavy atom. The molecule has 1 aromatic heterocycles. The lowest BCUT2D eigenvalue weighted by Crippen LogP contribution is -2.24. The third-order valence-electron chi connectivity index (χ3n) is 5.75. The Hall–Kier alpha value is -3.81. The number of aromatic nitrogens is 3. The predicted molar refractivity (Wildman–Crippen MR) is 128 cm³/mol. The summed E-state index contributed by atoms with van der Waals surface area (Å²) in [5.41, 5.74) is 3.03. The Balaban J connectivity index is 1.58. The van der Waals surface area contributed by atoms with E-state index in [-0.39, 0.29) is 24.5 Å². The van der Waals surface area contributed by atoms with Crippen LogP contribution in [0, 0.1) is 18.3 Å². The van der Waals surface area contributed by atoms with Crippen molar-refractivity contribution in [1.29, 1.82) is 5.41 Å². The standard InChI is InChI=1S/C26H30N4O4/c1-4-22(25-28-16-30(29-25)14-18(3)26(32)33)24(27)23(31)13-19-9-11-21(12-10-19)34-15-20-8-6-5-7-17(20)2/h5-12,16,18,22,27H,4,13-15H2,1-3H3,(H,32,33). The smallest absolute Gasteiger partial charge is 0.308 e. The van der Waals surface area contributed by atoms with E-state index >= 15 is 0 Å². The molecule has 0 saturated heterocycles. The molecule has 0 radical (unpaired) electrons. The number of aryl methyl sites for hydroxylation is 1. The minimum atomic E-state index is -0.918. The monoisotopic (exact) mass is 462 g/mol. The van der Waals surface area contributed by atoms with Crippen LogP contribution in [0.1, 0.15) is 48.7 Å². The largest absolute Gasteiger partial charge is 0.489 e. The summed E-state index contributed by atoms with van der Waals surface area (Å²) in [7, 11) is 0. The number of carboxylic acid groups (broad SMARTS) is 1. The van der Waals surface area contributed by atoms with Crippen molar-refractivity contribution in [2.75, 3.05) is 0 Å². The molecule has 2 aromatic carbocycles. The number of nitrogens with zero attached hydrogens (tertiary/aromatic N) is 3. The van der Waals surface area contributed by atoms with Crippen molar-refractivity contribution in [3.8, 4) is 5.75 Å². The Bertz CT molecular complexity index is 1150. The van der Waals surface area contributed by atoms with Crippen LogP contribution in [-0.4, -0.2) is 37.3 Å². The molecular weight excluding hydrogens is 432 g/mol. The van der Waals surface area contributed by atoms with Gasteiger partial charge in [0, 0.05) is 6.42 Å². The number of Topliss-reactive ketones (excluding diaryl/α,β-unsaturated/α-hetero) is 1. The van der Waals surface area contributed by atoms with Gasteiger partial charge < -0.3 is 15.3 Å². The van der Waals surface area contributed by atoms with Gasteiger partial charge in [0.05, 0.1) is 24.1 Å². The first kappa shape index (κ1) is 24.8. The Morgan fingerprint density at radius 1 is 1.15 bits per heavy atom. The topological polar surface area (TPSA) is 118 Å². The van der Waals surface area contributed by atoms with Crippen molar-refractivity contribution in [3.05, 3.63) is 77.4 Å². The zero-order valence-corrected chi connectivity index (χ0v) is 19.7. The molecule has 0 aliphatic heterocycles. The van der Waals surface area contributed by atoms with Crippen molar-refractivity contribution in [2.45, 2.75) is 52.7 Å². The zero-order valence-electron chi connectivity index (χ0n) is 19.7. The van der Waals surface area contributed by atoms with Crippen LogP contribution in [-0.2, 0) is 29.2 Å². The van der Waals surface area contributed by atoms with Gasteiger partial charge in [-0.2, -0.15) is 5.10 Å². The lowest BCUT2D eigenvalue weighted by molar-refractivity contribution is -0.141. The number of nitrogens with one attached hydrogen (secondary N) is 1. The summed E-state index contributed by atoms with van der Waals surface area (Å²) in [5, 5.41) is 21.8. The van der Waals surface area contributed by atoms with E-state index in [1.54, 1.807) is 6.92 Å². The molecular formula is C26H30N4O4. The second-order valence-electron chi connectivity index (χ2n) is 8.40. The number of hydrogen-bond acceptors (Lipinski definition) is 6. The molecule has 0 aliphatic carbocycles. The van der Waals surface area contributed by atoms with Gasteiger partial charge >= 0.3 is 5.97 Å². The van der Waals surface area contributed by atoms with Gasteiger partial charge in [0.25, 0.3) is 0 Å². The van der Waals surface area contributed by atoms with Gasteiger partial charge in [0.1, 0.15) is 18.7 Å². The number of benzene rings is 2. The van der Waals surface area contributed by atoms with Crippen molar-refractivity contribution in [1.82, 2.24) is 14.8 Å². The van der Waals surface area contributed by atoms with E-state index in [2.05, 4.69) is 10.1 Å². The van der Waals surface area contributed by atoms with Gasteiger partial charge in [-0.3, -0.25) is 14.3 Å². The molecule has 2 N–H and O–H groups in total. The van der Waals surface area contributed by atoms with Gasteiger partial charge in [-0.15, -0.1) is 0 Å². The maximum Gasteiger partial charge on any atom is 0.308 e. The molecule has 178 valence electrons. The molecule has 0 amide bonds. The van der Waals surface area contributed by atoms with Crippen LogP contribution >= 0.6 is 0 Å². The number of carbonyl (C=O) groups excluding carboxylic acids is 1. The lowest BCUT2D eigenvalue weighted by atomic mass is 9.93. The lowest BCUT2D eigenvalue weighted by Gasteiger charge is -2.13. The number of hydrogen-bond donors (Lipinski definition) is 2. The van der Waals surface area contributed by atoms with Crippen LogP contribution in [0.15, 0.2) is 54.9 Å². The summed E-state index contributed by atoms with van der Waals surface area (Å²) in [6.45, 7) is 6.15. The molecule has 0 bridgehead atoms. The van der Waals surface area contributed by atoms with Gasteiger partial charge in [-0.05, 0) is 42.2 Å². The van der Waals surface area contributed by atoms with Crippen LogP contribution in [0.5, 0.6) is 5.75 Å². The highest BCUT2D eigenvalue weighted by Crippen LogP contribution is 2.20. The summed E-state index contributed by atoms with van der Waals surface area (Å²) in [6.07, 6.45) is 2.05. The van der Waals surface area contributed by atoms with Crippen LogP contribution in [0.4, 0.5) is 0 Å². The Kier molecular flexibility index (Phi) is 8.29. The quantitative estimate of drug-likeness (QED) is 0.389. The number of aliphatic carboxylic acids is 1. The second kappa shape index (κ2) is 11.4. The molecule has 2 unspecified atom stereocenters. The van der Waals surface area contributed by atoms with E-state index in [4.69, 9.17) is 15.3 Å². The Labute approximate surface area is 199 Å². The Morgan fingerprint density at radius 2 is 1.85 bits per heavy atom. The van der Waals surface area contributed by atoms with E-state index in [1.807, 2.05) is 62.4 Å². The normalized spacial score (nSPS) is 12.7. The van der Waals surface area contributed by atoms with E-state index in [1.165, 1.54) is 16.6 Å². The number of carbonyl (C=O) groups is 2. The third-order valence-corrected chi connectivity index (χ3v) is 5.75. The third kappa shape index (κ3) is 6.37. The average molecular weight is 463 g/mol. The maximum atomic E-state index is 12.8. The van der Waals surface area contributed by atoms with Gasteiger partial charge in [-0.1, -0.05) is 50.2 Å². The van der Waals surface area contributed by atoms with Crippen LogP contribution in [0.2, 0.25) is 0 Å². The van der Waals surface area contributed by atoms with E-state index in [0.29, 0.717) is 24.6 Å². The van der Waals surface area contributed by atoms with Crippen molar-refractivity contribution < 1.29 is 19.4 Å². The van der Waals surface area contributed by atoms with Crippen LogP contribution in [0.3, 0.4) is 0 Å². The molecule has 1 heterocycles. The molecule has 2 atom stereocenters. The molecule has 0 aliphatic rings. The van der Waals surface area contributed by atoms with E-state index in [0.717, 1.165) is 11.1 Å². The molecule has 0 spiro atoms. The first-order valence-electron chi connectivity index (χ1n) is 11.3. The predicted octanol–water partition coefficient (Wildman–Crippen LogP) is 4.21. The minimum absolute atomic E-state index is 0.0496. The molecule has 3 aromatic rings. The van der Waals surface area contributed by atoms with Gasteiger partial charge in [-0.25, -0.2) is 4.98 Å². The molecule has 8 nitrogen and oxygen atoms in total. The van der Waals surface area contributed by atoms with Crippen LogP contribution in [0.25, 0.3) is 0 Å². The first-order valence-corrected chi connectivity index (χ1v) is 11.3. The fourth-order valence-electron chi connectivity index (χ4n) is 3.54. The summed E-state index contributed by atoms with van der Waals surface area (Å²) < 4.78 is 7.30. The summed E-state index contributed by atoms with van der Waals surface area (Å²) >= 11 is 0. The SMILES string of the molecule is CCC(C(=N)C(=O)Cc1ccc(OCc2ccccc2C)cc1)c1ncn(CC(C)C(=O)O)n1. The highest BCUT2D eigenvalue weighted by Gasteiger charge is 2.25. The van der Waals surface area contributed by atoms with E-state index < -0.39 is 17.8 Å². The number of ketones is 1. The molecule has 34 heavy (non-hydrogen) atoms. The first-order chi connectivity index (χ1) is 16.3. The number of rotatable bonds is 12. The molecule has 3 rings (SSSR count). The fraction of sp³-hybridized carbons (Fsp3) is 0.346. The summed E-state index contributed by atoms with van der Waals surface area (Å²) in [4.78, 5) is 28.1. The van der Waals surface area contributed by atoms with E-state index in [9.17, 15) is 9.59 Å². The minimum Gasteiger partial charge on any atom is -0.489 e. The summed E-state index contributed by atoms with van der Waals surface area (Å²) in [6, 6.07) is 15.4. The molecule has 0 fully saturated rings.